The zero-order valence-electron chi connectivity index (χ0n) is 11.7. The lowest BCUT2D eigenvalue weighted by atomic mass is 10.1. The molecule has 0 saturated carbocycles. The first-order valence-corrected chi connectivity index (χ1v) is 6.11. The topological polar surface area (TPSA) is 67.6 Å². The van der Waals surface area contributed by atoms with E-state index < -0.39 is 0 Å². The van der Waals surface area contributed by atoms with Gasteiger partial charge in [-0.15, -0.1) is 0 Å². The van der Waals surface area contributed by atoms with Crippen LogP contribution in [0.3, 0.4) is 0 Å². The summed E-state index contributed by atoms with van der Waals surface area (Å²) >= 11 is 0. The van der Waals surface area contributed by atoms with E-state index in [0.29, 0.717) is 5.75 Å². The van der Waals surface area contributed by atoms with Crippen LogP contribution in [0.2, 0.25) is 0 Å². The van der Waals surface area contributed by atoms with Crippen molar-refractivity contribution in [3.63, 3.8) is 0 Å². The minimum Gasteiger partial charge on any atom is -0.508 e. The number of nitrogens with zero attached hydrogens (tertiary/aromatic N) is 3. The maximum atomic E-state index is 11.6. The van der Waals surface area contributed by atoms with E-state index in [1.54, 1.807) is 43.3 Å². The summed E-state index contributed by atoms with van der Waals surface area (Å²) in [5.74, 6) is 0.668. The number of carbonyl (C=O) groups is 1. The molecule has 0 atom stereocenters. The number of aromatic hydroxyl groups is 1. The summed E-state index contributed by atoms with van der Waals surface area (Å²) in [5, 5.41) is 13.6. The van der Waals surface area contributed by atoms with Gasteiger partial charge in [0.25, 0.3) is 0 Å². The van der Waals surface area contributed by atoms with Gasteiger partial charge in [0.2, 0.25) is 5.91 Å². The van der Waals surface area contributed by atoms with Crippen molar-refractivity contribution in [2.45, 2.75) is 6.54 Å². The highest BCUT2D eigenvalue weighted by atomic mass is 16.5. The van der Waals surface area contributed by atoms with Crippen LogP contribution in [0.15, 0.2) is 30.6 Å². The molecule has 1 aromatic carbocycles. The predicted molar refractivity (Wildman–Crippen MR) is 74.6 cm³/mol. The molecule has 1 aromatic heterocycles. The Morgan fingerprint density at radius 1 is 1.45 bits per heavy atom. The van der Waals surface area contributed by atoms with Gasteiger partial charge in [-0.2, -0.15) is 5.10 Å². The molecular weight excluding hydrogens is 258 g/mol. The van der Waals surface area contributed by atoms with Crippen LogP contribution in [-0.2, 0) is 11.3 Å². The van der Waals surface area contributed by atoms with E-state index in [1.807, 2.05) is 0 Å². The van der Waals surface area contributed by atoms with Crippen molar-refractivity contribution in [3.05, 3.63) is 30.6 Å². The second kappa shape index (κ2) is 5.64. The highest BCUT2D eigenvalue weighted by Crippen LogP contribution is 2.32. The SMILES string of the molecule is COc1cc(O)ccc1-c1cnn(CC(=O)N(C)C)c1. The van der Waals surface area contributed by atoms with Gasteiger partial charge in [0.15, 0.2) is 0 Å². The summed E-state index contributed by atoms with van der Waals surface area (Å²) in [6, 6.07) is 4.88. The van der Waals surface area contributed by atoms with Crippen LogP contribution in [0.1, 0.15) is 0 Å². The van der Waals surface area contributed by atoms with Crippen molar-refractivity contribution < 1.29 is 14.6 Å². The molecule has 0 saturated heterocycles. The van der Waals surface area contributed by atoms with E-state index in [2.05, 4.69) is 5.10 Å². The summed E-state index contributed by atoms with van der Waals surface area (Å²) in [6.45, 7) is 0.188. The average molecular weight is 275 g/mol. The lowest BCUT2D eigenvalue weighted by Crippen LogP contribution is -2.26. The number of rotatable bonds is 4. The average Bonchev–Trinajstić information content (AvgIpc) is 2.86. The molecule has 0 fully saturated rings. The van der Waals surface area contributed by atoms with Crippen molar-refractivity contribution >= 4 is 5.91 Å². The Morgan fingerprint density at radius 3 is 2.85 bits per heavy atom. The fourth-order valence-electron chi connectivity index (χ4n) is 1.79. The largest absolute Gasteiger partial charge is 0.508 e. The highest BCUT2D eigenvalue weighted by Gasteiger charge is 2.11. The van der Waals surface area contributed by atoms with Gasteiger partial charge in [-0.1, -0.05) is 0 Å². The summed E-state index contributed by atoms with van der Waals surface area (Å²) in [6.07, 6.45) is 3.44. The van der Waals surface area contributed by atoms with Crippen LogP contribution in [0, 0.1) is 0 Å². The molecule has 1 N–H and O–H groups in total. The number of phenols is 1. The van der Waals surface area contributed by atoms with Gasteiger partial charge >= 0.3 is 0 Å². The molecule has 20 heavy (non-hydrogen) atoms. The summed E-state index contributed by atoms with van der Waals surface area (Å²) in [7, 11) is 4.95. The van der Waals surface area contributed by atoms with Gasteiger partial charge < -0.3 is 14.7 Å². The third-order valence-corrected chi connectivity index (χ3v) is 2.93. The quantitative estimate of drug-likeness (QED) is 0.914. The molecule has 0 radical (unpaired) electrons. The number of aromatic nitrogens is 2. The molecule has 0 bridgehead atoms. The van der Waals surface area contributed by atoms with Gasteiger partial charge in [0.1, 0.15) is 18.0 Å². The maximum Gasteiger partial charge on any atom is 0.243 e. The van der Waals surface area contributed by atoms with Gasteiger partial charge in [-0.05, 0) is 12.1 Å². The molecule has 1 heterocycles. The van der Waals surface area contributed by atoms with Crippen LogP contribution >= 0.6 is 0 Å². The smallest absolute Gasteiger partial charge is 0.243 e. The van der Waals surface area contributed by atoms with Crippen LogP contribution in [0.5, 0.6) is 11.5 Å². The fraction of sp³-hybridized carbons (Fsp3) is 0.286. The number of ether oxygens (including phenoxy) is 1. The third-order valence-electron chi connectivity index (χ3n) is 2.93. The van der Waals surface area contributed by atoms with Gasteiger partial charge in [-0.3, -0.25) is 9.48 Å². The van der Waals surface area contributed by atoms with E-state index in [-0.39, 0.29) is 18.2 Å². The van der Waals surface area contributed by atoms with Crippen LogP contribution in [-0.4, -0.2) is 46.9 Å². The molecule has 6 heteroatoms. The summed E-state index contributed by atoms with van der Waals surface area (Å²) in [4.78, 5) is 13.1. The number of benzene rings is 1. The normalized spacial score (nSPS) is 10.3. The Bertz CT molecular complexity index is 620. The lowest BCUT2D eigenvalue weighted by Gasteiger charge is -2.09. The second-order valence-corrected chi connectivity index (χ2v) is 4.60. The van der Waals surface area contributed by atoms with Crippen LogP contribution < -0.4 is 4.74 Å². The van der Waals surface area contributed by atoms with E-state index >= 15 is 0 Å². The fourth-order valence-corrected chi connectivity index (χ4v) is 1.79. The molecule has 0 aliphatic carbocycles. The first-order chi connectivity index (χ1) is 9.51. The number of amides is 1. The Balaban J connectivity index is 2.27. The molecule has 0 aliphatic rings. The maximum absolute atomic E-state index is 11.6. The number of hydrogen-bond acceptors (Lipinski definition) is 4. The number of hydrogen-bond donors (Lipinski definition) is 1. The van der Waals surface area contributed by atoms with E-state index in [9.17, 15) is 9.90 Å². The van der Waals surface area contributed by atoms with Gasteiger partial charge in [0, 0.05) is 37.5 Å². The molecule has 6 nitrogen and oxygen atoms in total. The van der Waals surface area contributed by atoms with Crippen LogP contribution in [0.4, 0.5) is 0 Å². The van der Waals surface area contributed by atoms with Crippen molar-refractivity contribution in [2.24, 2.45) is 0 Å². The zero-order valence-corrected chi connectivity index (χ0v) is 11.7. The Morgan fingerprint density at radius 2 is 2.20 bits per heavy atom. The Hall–Kier alpha value is -2.50. The Labute approximate surface area is 117 Å². The number of methoxy groups -OCH3 is 1. The molecule has 2 aromatic rings. The van der Waals surface area contributed by atoms with Crippen molar-refractivity contribution in [2.75, 3.05) is 21.2 Å². The summed E-state index contributed by atoms with van der Waals surface area (Å²) < 4.78 is 6.81. The minimum atomic E-state index is -0.0303. The molecular formula is C14H17N3O3. The minimum absolute atomic E-state index is 0.0303. The van der Waals surface area contributed by atoms with E-state index in [0.717, 1.165) is 11.1 Å². The van der Waals surface area contributed by atoms with Gasteiger partial charge in [-0.25, -0.2) is 0 Å². The lowest BCUT2D eigenvalue weighted by molar-refractivity contribution is -0.129. The molecule has 0 aliphatic heterocycles. The highest BCUT2D eigenvalue weighted by molar-refractivity contribution is 5.76. The molecule has 0 unspecified atom stereocenters. The first-order valence-electron chi connectivity index (χ1n) is 6.11. The van der Waals surface area contributed by atoms with Crippen LogP contribution in [0.25, 0.3) is 11.1 Å². The van der Waals surface area contributed by atoms with Crippen molar-refractivity contribution in [1.29, 1.82) is 0 Å². The third kappa shape index (κ3) is 2.90. The van der Waals surface area contributed by atoms with Crippen molar-refractivity contribution in [1.82, 2.24) is 14.7 Å². The monoisotopic (exact) mass is 275 g/mol. The zero-order chi connectivity index (χ0) is 14.7. The number of phenolic OH excluding ortho intramolecular Hbond substituents is 1. The molecule has 106 valence electrons. The second-order valence-electron chi connectivity index (χ2n) is 4.60. The van der Waals surface area contributed by atoms with Gasteiger partial charge in [0.05, 0.1) is 13.3 Å². The first kappa shape index (κ1) is 13.9. The van der Waals surface area contributed by atoms with E-state index in [1.165, 1.54) is 18.1 Å². The Kier molecular flexibility index (Phi) is 3.93. The predicted octanol–water partition coefficient (Wildman–Crippen LogP) is 1.35. The number of likely N-dealkylation sites (N-methyl/N-ethyl adjacent to an activating group) is 1. The standard InChI is InChI=1S/C14H17N3O3/c1-16(2)14(19)9-17-8-10(7-15-17)12-5-4-11(18)6-13(12)20-3/h4-8,18H,9H2,1-3H3. The summed E-state index contributed by atoms with van der Waals surface area (Å²) in [5.41, 5.74) is 1.64. The van der Waals surface area contributed by atoms with Crippen molar-refractivity contribution in [3.8, 4) is 22.6 Å². The molecule has 0 spiro atoms. The number of carbonyl (C=O) groups excluding carboxylic acids is 1. The molecule has 1 amide bonds. The van der Waals surface area contributed by atoms with E-state index in [4.69, 9.17) is 4.74 Å². The molecule has 2 rings (SSSR count).